The van der Waals surface area contributed by atoms with E-state index < -0.39 is 5.76 Å². The van der Waals surface area contributed by atoms with E-state index in [1.165, 1.54) is 23.0 Å². The molecule has 2 aromatic heterocycles. The van der Waals surface area contributed by atoms with Crippen LogP contribution in [0.2, 0.25) is 0 Å². The number of rotatable bonds is 4. The highest BCUT2D eigenvalue weighted by molar-refractivity contribution is 7.13. The summed E-state index contributed by atoms with van der Waals surface area (Å²) in [4.78, 5) is 38.3. The molecule has 1 aliphatic heterocycles. The van der Waals surface area contributed by atoms with E-state index >= 15 is 0 Å². The average molecular weight is 351 g/mol. The molecule has 0 aliphatic carbocycles. The first-order chi connectivity index (χ1) is 11.6. The van der Waals surface area contributed by atoms with Crippen molar-refractivity contribution in [3.8, 4) is 10.7 Å². The van der Waals surface area contributed by atoms with Crippen LogP contribution >= 0.6 is 11.3 Å². The Morgan fingerprint density at radius 1 is 1.42 bits per heavy atom. The zero-order valence-corrected chi connectivity index (χ0v) is 14.0. The molecule has 8 nitrogen and oxygen atoms in total. The molecule has 1 aliphatic rings. The molecule has 24 heavy (non-hydrogen) atoms. The van der Waals surface area contributed by atoms with Gasteiger partial charge in [-0.2, -0.15) is 0 Å². The predicted molar refractivity (Wildman–Crippen MR) is 85.4 cm³/mol. The Morgan fingerprint density at radius 2 is 2.17 bits per heavy atom. The Labute approximate surface area is 141 Å². The van der Waals surface area contributed by atoms with Crippen molar-refractivity contribution in [2.75, 3.05) is 20.2 Å². The van der Waals surface area contributed by atoms with E-state index in [9.17, 15) is 14.4 Å². The largest absolute Gasteiger partial charge is 0.469 e. The van der Waals surface area contributed by atoms with Crippen molar-refractivity contribution in [2.24, 2.45) is 5.92 Å². The second-order valence-electron chi connectivity index (χ2n) is 5.51. The van der Waals surface area contributed by atoms with E-state index in [4.69, 9.17) is 9.26 Å². The number of aromatic nitrogens is 2. The molecule has 0 atom stereocenters. The van der Waals surface area contributed by atoms with Gasteiger partial charge in [0.25, 0.3) is 0 Å². The Hall–Kier alpha value is -2.42. The third kappa shape index (κ3) is 3.25. The molecule has 0 N–H and O–H groups in total. The molecule has 0 spiro atoms. The number of hydrogen-bond donors (Lipinski definition) is 0. The summed E-state index contributed by atoms with van der Waals surface area (Å²) < 4.78 is 10.7. The topological polar surface area (TPSA) is 94.6 Å². The maximum absolute atomic E-state index is 12.5. The number of nitrogens with zero attached hydrogens (tertiary/aromatic N) is 3. The number of hydrogen-bond acceptors (Lipinski definition) is 7. The number of esters is 1. The molecule has 3 heterocycles. The fourth-order valence-corrected chi connectivity index (χ4v) is 3.47. The number of methoxy groups -OCH3 is 1. The fraction of sp³-hybridized carbons (Fsp3) is 0.467. The van der Waals surface area contributed by atoms with Crippen LogP contribution in [-0.4, -0.2) is 46.7 Å². The van der Waals surface area contributed by atoms with Gasteiger partial charge < -0.3 is 9.64 Å². The van der Waals surface area contributed by atoms with Crippen molar-refractivity contribution in [1.29, 1.82) is 0 Å². The monoisotopic (exact) mass is 351 g/mol. The van der Waals surface area contributed by atoms with E-state index in [2.05, 4.69) is 5.16 Å². The summed E-state index contributed by atoms with van der Waals surface area (Å²) in [7, 11) is 1.37. The Kier molecular flexibility index (Phi) is 4.79. The lowest BCUT2D eigenvalue weighted by Gasteiger charge is -2.30. The maximum Gasteiger partial charge on any atom is 0.442 e. The number of likely N-dealkylation sites (tertiary alicyclic amines) is 1. The molecule has 9 heteroatoms. The molecule has 0 radical (unpaired) electrons. The number of carbonyl (C=O) groups is 2. The zero-order chi connectivity index (χ0) is 17.1. The molecule has 128 valence electrons. The van der Waals surface area contributed by atoms with Crippen molar-refractivity contribution in [2.45, 2.75) is 19.4 Å². The lowest BCUT2D eigenvalue weighted by Crippen LogP contribution is -2.42. The first kappa shape index (κ1) is 16.4. The van der Waals surface area contributed by atoms with Gasteiger partial charge in [-0.25, -0.2) is 9.36 Å². The fourth-order valence-electron chi connectivity index (χ4n) is 2.76. The quantitative estimate of drug-likeness (QED) is 0.762. The normalized spacial score (nSPS) is 15.5. The van der Waals surface area contributed by atoms with Gasteiger partial charge in [-0.3, -0.25) is 14.1 Å². The smallest absolute Gasteiger partial charge is 0.442 e. The van der Waals surface area contributed by atoms with E-state index in [-0.39, 0.29) is 24.3 Å². The van der Waals surface area contributed by atoms with E-state index in [1.807, 2.05) is 17.5 Å². The Bertz CT molecular complexity index is 771. The summed E-state index contributed by atoms with van der Waals surface area (Å²) in [5, 5.41) is 5.62. The van der Waals surface area contributed by atoms with Crippen LogP contribution in [-0.2, 0) is 20.9 Å². The summed E-state index contributed by atoms with van der Waals surface area (Å²) in [5.41, 5.74) is 0. The van der Waals surface area contributed by atoms with Gasteiger partial charge in [-0.1, -0.05) is 11.2 Å². The second-order valence-corrected chi connectivity index (χ2v) is 6.46. The van der Waals surface area contributed by atoms with Crippen LogP contribution in [0.1, 0.15) is 12.8 Å². The van der Waals surface area contributed by atoms with Crippen molar-refractivity contribution < 1.29 is 18.8 Å². The summed E-state index contributed by atoms with van der Waals surface area (Å²) in [6.45, 7) is 0.804. The van der Waals surface area contributed by atoms with Gasteiger partial charge in [0.15, 0.2) is 5.82 Å². The van der Waals surface area contributed by atoms with E-state index in [1.54, 1.807) is 4.90 Å². The highest BCUT2D eigenvalue weighted by Gasteiger charge is 2.28. The van der Waals surface area contributed by atoms with Crippen LogP contribution in [0.25, 0.3) is 10.7 Å². The molecule has 0 unspecified atom stereocenters. The third-order valence-electron chi connectivity index (χ3n) is 4.10. The van der Waals surface area contributed by atoms with Crippen LogP contribution in [0.3, 0.4) is 0 Å². The molecular weight excluding hydrogens is 334 g/mol. The summed E-state index contributed by atoms with van der Waals surface area (Å²) >= 11 is 1.41. The molecular formula is C15H17N3O5S. The average Bonchev–Trinajstić information content (AvgIpc) is 3.25. The van der Waals surface area contributed by atoms with Gasteiger partial charge >= 0.3 is 11.7 Å². The molecule has 0 aromatic carbocycles. The lowest BCUT2D eigenvalue weighted by atomic mass is 9.97. The van der Waals surface area contributed by atoms with Gasteiger partial charge in [0, 0.05) is 13.1 Å². The highest BCUT2D eigenvalue weighted by Crippen LogP contribution is 2.22. The summed E-state index contributed by atoms with van der Waals surface area (Å²) in [6.07, 6.45) is 1.13. The van der Waals surface area contributed by atoms with Gasteiger partial charge in [0.2, 0.25) is 5.91 Å². The van der Waals surface area contributed by atoms with Crippen LogP contribution in [0.15, 0.2) is 26.8 Å². The molecule has 1 fully saturated rings. The Morgan fingerprint density at radius 3 is 2.79 bits per heavy atom. The minimum Gasteiger partial charge on any atom is -0.469 e. The minimum atomic E-state index is -0.656. The van der Waals surface area contributed by atoms with E-state index in [0.29, 0.717) is 31.8 Å². The van der Waals surface area contributed by atoms with Crippen LogP contribution < -0.4 is 5.76 Å². The number of piperidine rings is 1. The number of carbonyl (C=O) groups excluding carboxylic acids is 2. The zero-order valence-electron chi connectivity index (χ0n) is 13.1. The molecule has 2 aromatic rings. The minimum absolute atomic E-state index is 0.127. The first-order valence-electron chi connectivity index (χ1n) is 7.56. The van der Waals surface area contributed by atoms with Crippen molar-refractivity contribution in [3.63, 3.8) is 0 Å². The first-order valence-corrected chi connectivity index (χ1v) is 8.44. The SMILES string of the molecule is COC(=O)C1CCN(C(=O)Cn2c(-c3cccs3)noc2=O)CC1. The van der Waals surface area contributed by atoms with Crippen LogP contribution in [0.5, 0.6) is 0 Å². The van der Waals surface area contributed by atoms with Crippen molar-refractivity contribution >= 4 is 23.2 Å². The van der Waals surface area contributed by atoms with Crippen LogP contribution in [0, 0.1) is 5.92 Å². The summed E-state index contributed by atoms with van der Waals surface area (Å²) in [6, 6.07) is 3.65. The van der Waals surface area contributed by atoms with E-state index in [0.717, 1.165) is 4.88 Å². The maximum atomic E-state index is 12.5. The molecule has 0 saturated carbocycles. The number of thiophene rings is 1. The Balaban J connectivity index is 1.68. The van der Waals surface area contributed by atoms with Gasteiger partial charge in [0.05, 0.1) is 17.9 Å². The van der Waals surface area contributed by atoms with Crippen LogP contribution in [0.4, 0.5) is 0 Å². The van der Waals surface area contributed by atoms with Gasteiger partial charge in [-0.05, 0) is 24.3 Å². The van der Waals surface area contributed by atoms with Crippen molar-refractivity contribution in [3.05, 3.63) is 28.1 Å². The third-order valence-corrected chi connectivity index (χ3v) is 4.97. The lowest BCUT2D eigenvalue weighted by molar-refractivity contribution is -0.149. The standard InChI is InChI=1S/C15H17N3O5S/c1-22-14(20)10-4-6-17(7-5-10)12(19)9-18-13(16-23-15(18)21)11-3-2-8-24-11/h2-3,8,10H,4-7,9H2,1H3. The number of ether oxygens (including phenoxy) is 1. The summed E-state index contributed by atoms with van der Waals surface area (Å²) in [5.74, 6) is -0.901. The molecule has 0 bridgehead atoms. The highest BCUT2D eigenvalue weighted by atomic mass is 32.1. The van der Waals surface area contributed by atoms with Crippen molar-refractivity contribution in [1.82, 2.24) is 14.6 Å². The number of amides is 1. The molecule has 1 amide bonds. The van der Waals surface area contributed by atoms with Gasteiger partial charge in [0.1, 0.15) is 6.54 Å². The molecule has 3 rings (SSSR count). The van der Waals surface area contributed by atoms with Gasteiger partial charge in [-0.15, -0.1) is 11.3 Å². The predicted octanol–water partition coefficient (Wildman–Crippen LogP) is 0.976. The second kappa shape index (κ2) is 7.00. The molecule has 1 saturated heterocycles.